The second-order valence-electron chi connectivity index (χ2n) is 8.60. The Morgan fingerprint density at radius 3 is 2.11 bits per heavy atom. The fraction of sp³-hybridized carbons (Fsp3) is 0.241. The maximum absolute atomic E-state index is 14.0. The average Bonchev–Trinajstić information content (AvgIpc) is 2.96. The molecule has 0 radical (unpaired) electrons. The molecule has 0 aliphatic carbocycles. The van der Waals surface area contributed by atoms with E-state index >= 15 is 0 Å². The first-order valence-corrected chi connectivity index (χ1v) is 13.7. The molecule has 38 heavy (non-hydrogen) atoms. The topological polar surface area (TPSA) is 90.9 Å². The first-order valence-electron chi connectivity index (χ1n) is 12.2. The third-order valence-electron chi connectivity index (χ3n) is 5.98. The van der Waals surface area contributed by atoms with Gasteiger partial charge in [0.25, 0.3) is 0 Å². The van der Waals surface area contributed by atoms with E-state index in [1.165, 1.54) is 30.2 Å². The highest BCUT2D eigenvalue weighted by molar-refractivity contribution is 7.89. The van der Waals surface area contributed by atoms with Crippen LogP contribution in [-0.4, -0.2) is 43.5 Å². The number of ether oxygens (including phenoxy) is 3. The molecule has 0 spiro atoms. The van der Waals surface area contributed by atoms with Gasteiger partial charge in [0, 0.05) is 43.9 Å². The molecule has 0 saturated heterocycles. The van der Waals surface area contributed by atoms with E-state index in [9.17, 15) is 8.42 Å². The van der Waals surface area contributed by atoms with Crippen molar-refractivity contribution in [1.29, 1.82) is 0 Å². The fourth-order valence-corrected chi connectivity index (χ4v) is 5.58. The van der Waals surface area contributed by atoms with Crippen molar-refractivity contribution in [3.63, 3.8) is 0 Å². The SMILES string of the molecule is COc1ccc(OC)c(S(=O)(=O)N(Cc2ccncc2)Cc2cccc(OCCCc3ccncc3)c2)c1. The normalized spacial score (nSPS) is 11.3. The molecule has 8 nitrogen and oxygen atoms in total. The minimum Gasteiger partial charge on any atom is -0.497 e. The van der Waals surface area contributed by atoms with E-state index in [-0.39, 0.29) is 23.7 Å². The minimum atomic E-state index is -3.98. The maximum Gasteiger partial charge on any atom is 0.247 e. The molecule has 0 aliphatic rings. The summed E-state index contributed by atoms with van der Waals surface area (Å²) < 4.78 is 46.0. The van der Waals surface area contributed by atoms with Gasteiger partial charge in [-0.3, -0.25) is 9.97 Å². The molecule has 2 aromatic carbocycles. The molecule has 4 aromatic rings. The van der Waals surface area contributed by atoms with Crippen LogP contribution in [0.15, 0.2) is 96.4 Å². The van der Waals surface area contributed by atoms with Crippen molar-refractivity contribution in [1.82, 2.24) is 14.3 Å². The number of aromatic nitrogens is 2. The molecule has 198 valence electrons. The Morgan fingerprint density at radius 2 is 1.42 bits per heavy atom. The quantitative estimate of drug-likeness (QED) is 0.226. The lowest BCUT2D eigenvalue weighted by Crippen LogP contribution is -2.30. The van der Waals surface area contributed by atoms with E-state index in [2.05, 4.69) is 9.97 Å². The number of nitrogens with zero attached hydrogens (tertiary/aromatic N) is 3. The van der Waals surface area contributed by atoms with E-state index in [1.54, 1.807) is 49.1 Å². The highest BCUT2D eigenvalue weighted by Crippen LogP contribution is 2.32. The summed E-state index contributed by atoms with van der Waals surface area (Å²) in [6.07, 6.45) is 8.60. The third kappa shape index (κ3) is 7.08. The van der Waals surface area contributed by atoms with Gasteiger partial charge >= 0.3 is 0 Å². The van der Waals surface area contributed by atoms with Gasteiger partial charge in [-0.05, 0) is 78.1 Å². The Bertz CT molecular complexity index is 1420. The van der Waals surface area contributed by atoms with Crippen LogP contribution in [0.25, 0.3) is 0 Å². The van der Waals surface area contributed by atoms with Gasteiger partial charge in [-0.2, -0.15) is 4.31 Å². The summed E-state index contributed by atoms with van der Waals surface area (Å²) in [5.41, 5.74) is 2.83. The maximum atomic E-state index is 14.0. The summed E-state index contributed by atoms with van der Waals surface area (Å²) in [6, 6.07) is 19.9. The number of benzene rings is 2. The second kappa shape index (κ2) is 13.0. The number of hydrogen-bond donors (Lipinski definition) is 0. The van der Waals surface area contributed by atoms with Crippen LogP contribution in [0.4, 0.5) is 0 Å². The van der Waals surface area contributed by atoms with Gasteiger partial charge in [-0.15, -0.1) is 0 Å². The molecule has 9 heteroatoms. The van der Waals surface area contributed by atoms with E-state index in [0.29, 0.717) is 18.1 Å². The first kappa shape index (κ1) is 27.1. The van der Waals surface area contributed by atoms with Crippen LogP contribution in [0.5, 0.6) is 17.2 Å². The number of methoxy groups -OCH3 is 2. The molecule has 0 aliphatic heterocycles. The van der Waals surface area contributed by atoms with Crippen LogP contribution in [0.1, 0.15) is 23.1 Å². The molecule has 0 bridgehead atoms. The number of hydrogen-bond acceptors (Lipinski definition) is 7. The zero-order valence-electron chi connectivity index (χ0n) is 21.5. The predicted molar refractivity (Wildman–Crippen MR) is 145 cm³/mol. The number of sulfonamides is 1. The zero-order valence-corrected chi connectivity index (χ0v) is 22.3. The molecule has 2 aromatic heterocycles. The second-order valence-corrected chi connectivity index (χ2v) is 10.5. The summed E-state index contributed by atoms with van der Waals surface area (Å²) >= 11 is 0. The van der Waals surface area contributed by atoms with Crippen molar-refractivity contribution in [2.45, 2.75) is 30.8 Å². The number of aryl methyl sites for hydroxylation is 1. The van der Waals surface area contributed by atoms with Gasteiger partial charge in [0.1, 0.15) is 22.1 Å². The molecular formula is C29H31N3O5S. The highest BCUT2D eigenvalue weighted by atomic mass is 32.2. The summed E-state index contributed by atoms with van der Waals surface area (Å²) in [5, 5.41) is 0. The summed E-state index contributed by atoms with van der Waals surface area (Å²) in [7, 11) is -1.03. The zero-order chi connectivity index (χ0) is 26.8. The smallest absolute Gasteiger partial charge is 0.247 e. The Hall–Kier alpha value is -3.95. The van der Waals surface area contributed by atoms with Gasteiger partial charge < -0.3 is 14.2 Å². The lowest BCUT2D eigenvalue weighted by atomic mass is 10.1. The molecule has 4 rings (SSSR count). The Morgan fingerprint density at radius 1 is 0.737 bits per heavy atom. The Labute approximate surface area is 223 Å². The van der Waals surface area contributed by atoms with Crippen molar-refractivity contribution in [3.8, 4) is 17.2 Å². The highest BCUT2D eigenvalue weighted by Gasteiger charge is 2.29. The molecule has 0 unspecified atom stereocenters. The first-order chi connectivity index (χ1) is 18.5. The van der Waals surface area contributed by atoms with Gasteiger partial charge in [-0.25, -0.2) is 8.42 Å². The largest absolute Gasteiger partial charge is 0.497 e. The van der Waals surface area contributed by atoms with E-state index in [0.717, 1.165) is 24.0 Å². The average molecular weight is 534 g/mol. The summed E-state index contributed by atoms with van der Waals surface area (Å²) in [5.74, 6) is 1.37. The summed E-state index contributed by atoms with van der Waals surface area (Å²) in [4.78, 5) is 8.13. The van der Waals surface area contributed by atoms with Gasteiger partial charge in [0.15, 0.2) is 0 Å². The van der Waals surface area contributed by atoms with Crippen LogP contribution < -0.4 is 14.2 Å². The molecule has 0 saturated carbocycles. The minimum absolute atomic E-state index is 0.0388. The Balaban J connectivity index is 1.55. The number of pyridine rings is 2. The summed E-state index contributed by atoms with van der Waals surface area (Å²) in [6.45, 7) is 0.841. The molecule has 0 amide bonds. The van der Waals surface area contributed by atoms with Crippen molar-refractivity contribution in [2.75, 3.05) is 20.8 Å². The fourth-order valence-electron chi connectivity index (χ4n) is 4.00. The number of rotatable bonds is 13. The lowest BCUT2D eigenvalue weighted by Gasteiger charge is -2.24. The third-order valence-corrected chi connectivity index (χ3v) is 7.80. The van der Waals surface area contributed by atoms with Crippen LogP contribution in [0, 0.1) is 0 Å². The molecule has 0 N–H and O–H groups in total. The van der Waals surface area contributed by atoms with Crippen LogP contribution >= 0.6 is 0 Å². The molecule has 2 heterocycles. The standard InChI is InChI=1S/C29H31N3O5S/c1-35-26-8-9-28(36-2)29(20-26)38(33,34)32(21-24-12-16-31-17-13-24)22-25-5-3-7-27(19-25)37-18-4-6-23-10-14-30-15-11-23/h3,5,7-17,19-20H,4,6,18,21-22H2,1-2H3. The predicted octanol–water partition coefficient (Wildman–Crippen LogP) is 4.90. The van der Waals surface area contributed by atoms with E-state index < -0.39 is 10.0 Å². The monoisotopic (exact) mass is 533 g/mol. The van der Waals surface area contributed by atoms with Crippen molar-refractivity contribution in [2.24, 2.45) is 0 Å². The molecular weight excluding hydrogens is 502 g/mol. The van der Waals surface area contributed by atoms with Crippen molar-refractivity contribution < 1.29 is 22.6 Å². The molecule has 0 atom stereocenters. The van der Waals surface area contributed by atoms with Crippen molar-refractivity contribution in [3.05, 3.63) is 108 Å². The Kier molecular flexibility index (Phi) is 9.29. The van der Waals surface area contributed by atoms with Gasteiger partial charge in [0.05, 0.1) is 20.8 Å². The van der Waals surface area contributed by atoms with E-state index in [1.807, 2.05) is 36.4 Å². The van der Waals surface area contributed by atoms with E-state index in [4.69, 9.17) is 14.2 Å². The van der Waals surface area contributed by atoms with Gasteiger partial charge in [0.2, 0.25) is 10.0 Å². The van der Waals surface area contributed by atoms with Crippen LogP contribution in [0.2, 0.25) is 0 Å². The van der Waals surface area contributed by atoms with Gasteiger partial charge in [-0.1, -0.05) is 12.1 Å². The lowest BCUT2D eigenvalue weighted by molar-refractivity contribution is 0.310. The molecule has 0 fully saturated rings. The van der Waals surface area contributed by atoms with Crippen molar-refractivity contribution >= 4 is 10.0 Å². The van der Waals surface area contributed by atoms with Crippen LogP contribution in [0.3, 0.4) is 0 Å². The van der Waals surface area contributed by atoms with Crippen LogP contribution in [-0.2, 0) is 29.5 Å².